The van der Waals surface area contributed by atoms with E-state index in [1.807, 2.05) is 36.2 Å². The normalized spacial score (nSPS) is 17.4. The van der Waals surface area contributed by atoms with Crippen LogP contribution in [0.15, 0.2) is 55.0 Å². The molecule has 0 unspecified atom stereocenters. The molecule has 0 radical (unpaired) electrons. The molecule has 0 saturated carbocycles. The molecule has 1 amide bonds. The van der Waals surface area contributed by atoms with Crippen molar-refractivity contribution < 1.29 is 13.9 Å². The highest BCUT2D eigenvalue weighted by molar-refractivity contribution is 5.93. The quantitative estimate of drug-likeness (QED) is 0.317. The number of halogens is 1. The molecule has 1 aromatic carbocycles. The van der Waals surface area contributed by atoms with Crippen molar-refractivity contribution in [2.45, 2.75) is 32.8 Å². The second kappa shape index (κ2) is 9.32. The minimum atomic E-state index is -0.390. The summed E-state index contributed by atoms with van der Waals surface area (Å²) in [6.07, 6.45) is 6.55. The van der Waals surface area contributed by atoms with Gasteiger partial charge in [-0.25, -0.2) is 14.4 Å². The van der Waals surface area contributed by atoms with Crippen molar-refractivity contribution in [3.05, 3.63) is 66.4 Å². The molecule has 2 saturated heterocycles. The first-order chi connectivity index (χ1) is 19.4. The summed E-state index contributed by atoms with van der Waals surface area (Å²) in [6.45, 7) is 7.21. The van der Waals surface area contributed by atoms with Crippen LogP contribution in [0.2, 0.25) is 0 Å². The topological polar surface area (TPSA) is 103 Å². The summed E-state index contributed by atoms with van der Waals surface area (Å²) >= 11 is 0. The maximum atomic E-state index is 14.4. The third kappa shape index (κ3) is 4.14. The number of pyridine rings is 2. The van der Waals surface area contributed by atoms with Crippen molar-refractivity contribution in [1.82, 2.24) is 30.0 Å². The molecule has 2 fully saturated rings. The van der Waals surface area contributed by atoms with Crippen molar-refractivity contribution in [2.75, 3.05) is 31.1 Å². The number of carbonyl (C=O) groups excluding carboxylic acids is 1. The lowest BCUT2D eigenvalue weighted by molar-refractivity contribution is -0.131. The summed E-state index contributed by atoms with van der Waals surface area (Å²) in [6, 6.07) is 11.7. The van der Waals surface area contributed by atoms with E-state index in [9.17, 15) is 9.18 Å². The minimum absolute atomic E-state index is 0.171. The van der Waals surface area contributed by atoms with Crippen LogP contribution in [0.5, 0.6) is 5.75 Å². The number of rotatable bonds is 5. The Kier molecular flexibility index (Phi) is 5.72. The van der Waals surface area contributed by atoms with Crippen molar-refractivity contribution in [1.29, 1.82) is 0 Å². The standard InChI is InChI=1S/C30H30FN7O2/c1-18(22-7-10-32-29-27(22)24(31)15-34-29)40-21-4-5-25-23(13-21)28(36-35-25)20-3-6-26(33-14-20)38-16-30(17-38)8-11-37(12-9-30)19(2)39/h3-7,10,13-15,18H,8-9,11-12,16-17H2,1-2H3,(H,32,34)(H,35,36)/t18-/m0/s1. The Morgan fingerprint density at radius 3 is 2.70 bits per heavy atom. The van der Waals surface area contributed by atoms with Gasteiger partial charge in [-0.1, -0.05) is 0 Å². The van der Waals surface area contributed by atoms with Crippen LogP contribution in [-0.4, -0.2) is 62.1 Å². The van der Waals surface area contributed by atoms with E-state index in [0.717, 1.165) is 72.6 Å². The summed E-state index contributed by atoms with van der Waals surface area (Å²) in [5.41, 5.74) is 4.13. The van der Waals surface area contributed by atoms with E-state index in [1.54, 1.807) is 19.2 Å². The molecular weight excluding hydrogens is 509 g/mol. The molecule has 2 aliphatic heterocycles. The van der Waals surface area contributed by atoms with Gasteiger partial charge in [0.1, 0.15) is 29.0 Å². The number of benzene rings is 1. The Morgan fingerprint density at radius 1 is 1.12 bits per heavy atom. The van der Waals surface area contributed by atoms with Gasteiger partial charge in [0.15, 0.2) is 5.82 Å². The average Bonchev–Trinajstić information content (AvgIpc) is 3.55. The first-order valence-corrected chi connectivity index (χ1v) is 13.6. The van der Waals surface area contributed by atoms with Crippen molar-refractivity contribution in [2.24, 2.45) is 5.41 Å². The highest BCUT2D eigenvalue weighted by atomic mass is 19.1. The second-order valence-corrected chi connectivity index (χ2v) is 11.1. The van der Waals surface area contributed by atoms with Gasteiger partial charge in [-0.05, 0) is 56.2 Å². The zero-order valence-corrected chi connectivity index (χ0v) is 22.4. The maximum absolute atomic E-state index is 14.4. The third-order valence-electron chi connectivity index (χ3n) is 8.51. The van der Waals surface area contributed by atoms with Crippen LogP contribution in [0.4, 0.5) is 10.2 Å². The number of aromatic amines is 2. The molecule has 204 valence electrons. The zero-order chi connectivity index (χ0) is 27.4. The van der Waals surface area contributed by atoms with Crippen LogP contribution in [0.25, 0.3) is 33.2 Å². The molecule has 2 N–H and O–H groups in total. The van der Waals surface area contributed by atoms with E-state index >= 15 is 0 Å². The number of ether oxygens (including phenoxy) is 1. The number of hydrogen-bond acceptors (Lipinski definition) is 6. The summed E-state index contributed by atoms with van der Waals surface area (Å²) in [4.78, 5) is 27.7. The number of amides is 1. The van der Waals surface area contributed by atoms with Crippen LogP contribution < -0.4 is 9.64 Å². The van der Waals surface area contributed by atoms with E-state index < -0.39 is 0 Å². The molecule has 40 heavy (non-hydrogen) atoms. The first kappa shape index (κ1) is 24.6. The van der Waals surface area contributed by atoms with Gasteiger partial charge in [0, 0.05) is 73.6 Å². The van der Waals surface area contributed by atoms with Crippen LogP contribution in [-0.2, 0) is 4.79 Å². The summed E-state index contributed by atoms with van der Waals surface area (Å²) in [7, 11) is 0. The second-order valence-electron chi connectivity index (χ2n) is 11.1. The number of H-pyrrole nitrogens is 2. The predicted octanol–water partition coefficient (Wildman–Crippen LogP) is 5.23. The highest BCUT2D eigenvalue weighted by Crippen LogP contribution is 2.42. The number of nitrogens with zero attached hydrogens (tertiary/aromatic N) is 5. The Balaban J connectivity index is 1.07. The molecule has 7 rings (SSSR count). The molecule has 0 aliphatic carbocycles. The number of nitrogens with one attached hydrogen (secondary N) is 2. The fourth-order valence-electron chi connectivity index (χ4n) is 6.18. The average molecular weight is 540 g/mol. The smallest absolute Gasteiger partial charge is 0.219 e. The highest BCUT2D eigenvalue weighted by Gasteiger charge is 2.45. The van der Waals surface area contributed by atoms with Crippen LogP contribution in [0.1, 0.15) is 38.4 Å². The SMILES string of the molecule is CC(=O)N1CCC2(CC1)CN(c1ccc(-c3n[nH]c4ccc(O[C@@H](C)c5ccnc6[nH]cc(F)c56)cc34)cn1)C2. The van der Waals surface area contributed by atoms with Gasteiger partial charge in [0.25, 0.3) is 0 Å². The van der Waals surface area contributed by atoms with Gasteiger partial charge in [-0.15, -0.1) is 0 Å². The van der Waals surface area contributed by atoms with Gasteiger partial charge in [-0.3, -0.25) is 9.89 Å². The maximum Gasteiger partial charge on any atom is 0.219 e. The van der Waals surface area contributed by atoms with E-state index in [-0.39, 0.29) is 17.8 Å². The molecule has 1 atom stereocenters. The van der Waals surface area contributed by atoms with Crippen LogP contribution in [0.3, 0.4) is 0 Å². The van der Waals surface area contributed by atoms with Gasteiger partial charge < -0.3 is 19.5 Å². The van der Waals surface area contributed by atoms with E-state index in [2.05, 4.69) is 37.2 Å². The molecular formula is C30H30FN7O2. The molecule has 6 heterocycles. The molecule has 0 bridgehead atoms. The van der Waals surface area contributed by atoms with Crippen molar-refractivity contribution in [3.8, 4) is 17.0 Å². The number of anilines is 1. The van der Waals surface area contributed by atoms with Crippen LogP contribution >= 0.6 is 0 Å². The van der Waals surface area contributed by atoms with E-state index in [0.29, 0.717) is 22.2 Å². The summed E-state index contributed by atoms with van der Waals surface area (Å²) in [5, 5.41) is 9.03. The molecule has 2 aliphatic rings. The Bertz CT molecular complexity index is 1710. The molecule has 4 aromatic heterocycles. The number of hydrogen-bond donors (Lipinski definition) is 2. The van der Waals surface area contributed by atoms with Gasteiger partial charge in [0.05, 0.1) is 10.9 Å². The molecule has 5 aromatic rings. The van der Waals surface area contributed by atoms with E-state index in [4.69, 9.17) is 9.72 Å². The zero-order valence-electron chi connectivity index (χ0n) is 22.4. The van der Waals surface area contributed by atoms with Crippen molar-refractivity contribution >= 4 is 33.7 Å². The molecule has 10 heteroatoms. The number of fused-ring (bicyclic) bond motifs is 2. The summed E-state index contributed by atoms with van der Waals surface area (Å²) < 4.78 is 20.6. The summed E-state index contributed by atoms with van der Waals surface area (Å²) in [5.74, 6) is 1.45. The Morgan fingerprint density at radius 2 is 1.95 bits per heavy atom. The number of piperidine rings is 1. The Labute approximate surface area is 230 Å². The lowest BCUT2D eigenvalue weighted by atomic mass is 9.72. The Hall–Kier alpha value is -4.47. The van der Waals surface area contributed by atoms with Gasteiger partial charge in [-0.2, -0.15) is 5.10 Å². The number of aromatic nitrogens is 5. The van der Waals surface area contributed by atoms with Gasteiger partial charge >= 0.3 is 0 Å². The minimum Gasteiger partial charge on any atom is -0.486 e. The number of carbonyl (C=O) groups is 1. The first-order valence-electron chi connectivity index (χ1n) is 13.6. The largest absolute Gasteiger partial charge is 0.486 e. The van der Waals surface area contributed by atoms with E-state index in [1.165, 1.54) is 6.20 Å². The third-order valence-corrected chi connectivity index (χ3v) is 8.51. The number of likely N-dealkylation sites (tertiary alicyclic amines) is 1. The predicted molar refractivity (Wildman–Crippen MR) is 151 cm³/mol. The lowest BCUT2D eigenvalue weighted by Crippen LogP contribution is -2.61. The molecule has 9 nitrogen and oxygen atoms in total. The van der Waals surface area contributed by atoms with Crippen LogP contribution in [0, 0.1) is 11.2 Å². The molecule has 1 spiro atoms. The fraction of sp³-hybridized carbons (Fsp3) is 0.333. The monoisotopic (exact) mass is 539 g/mol. The van der Waals surface area contributed by atoms with Crippen molar-refractivity contribution in [3.63, 3.8) is 0 Å². The fourth-order valence-corrected chi connectivity index (χ4v) is 6.18. The lowest BCUT2D eigenvalue weighted by Gasteiger charge is -2.54. The van der Waals surface area contributed by atoms with Gasteiger partial charge in [0.2, 0.25) is 5.91 Å².